The number of carbonyl (C=O) groups excluding carboxylic acids is 2. The molecule has 2 N–H and O–H groups in total. The van der Waals surface area contributed by atoms with Crippen molar-refractivity contribution in [2.45, 2.75) is 26.2 Å². The second-order valence-corrected chi connectivity index (χ2v) is 7.09. The number of hydrogen-bond acceptors (Lipinski definition) is 6. The average molecular weight is 363 g/mol. The van der Waals surface area contributed by atoms with E-state index in [2.05, 4.69) is 17.6 Å². The Morgan fingerprint density at radius 2 is 2.12 bits per heavy atom. The molecule has 1 aliphatic rings. The molecule has 1 aliphatic carbocycles. The molecule has 0 fully saturated rings. The zero-order chi connectivity index (χ0) is 18.1. The number of thiophene rings is 1. The summed E-state index contributed by atoms with van der Waals surface area (Å²) < 4.78 is 4.92. The highest BCUT2D eigenvalue weighted by Crippen LogP contribution is 2.39. The lowest BCUT2D eigenvalue weighted by Gasteiger charge is -2.18. The first-order chi connectivity index (χ1) is 11.9. The summed E-state index contributed by atoms with van der Waals surface area (Å²) in [6.07, 6.45) is 2.65. The van der Waals surface area contributed by atoms with Crippen LogP contribution in [0.1, 0.15) is 44.7 Å². The van der Waals surface area contributed by atoms with Gasteiger partial charge in [-0.1, -0.05) is 6.92 Å². The van der Waals surface area contributed by atoms with Crippen LogP contribution in [0.2, 0.25) is 0 Å². The Morgan fingerprint density at radius 1 is 1.36 bits per heavy atom. The van der Waals surface area contributed by atoms with Crippen molar-refractivity contribution in [2.75, 3.05) is 12.4 Å². The SMILES string of the molecule is CNC(=O)c1c(NC(=O)c2ccc([N+](=O)[O-])o2)sc2c1CCC(C)C2. The maximum atomic E-state index is 12.3. The average Bonchev–Trinajstić information content (AvgIpc) is 3.18. The third-order valence-corrected chi connectivity index (χ3v) is 5.36. The van der Waals surface area contributed by atoms with Crippen LogP contribution >= 0.6 is 11.3 Å². The van der Waals surface area contributed by atoms with E-state index in [0.29, 0.717) is 16.5 Å². The Bertz CT molecular complexity index is 854. The Labute approximate surface area is 147 Å². The lowest BCUT2D eigenvalue weighted by molar-refractivity contribution is -0.402. The summed E-state index contributed by atoms with van der Waals surface area (Å²) in [4.78, 5) is 35.7. The molecule has 2 aromatic heterocycles. The van der Waals surface area contributed by atoms with Crippen LogP contribution in [0.3, 0.4) is 0 Å². The predicted molar refractivity (Wildman–Crippen MR) is 92.2 cm³/mol. The molecule has 0 saturated heterocycles. The van der Waals surface area contributed by atoms with Gasteiger partial charge in [-0.25, -0.2) is 0 Å². The number of anilines is 1. The van der Waals surface area contributed by atoms with Crippen molar-refractivity contribution in [3.05, 3.63) is 44.0 Å². The summed E-state index contributed by atoms with van der Waals surface area (Å²) in [5.74, 6) is -1.03. The van der Waals surface area contributed by atoms with Crippen molar-refractivity contribution in [1.29, 1.82) is 0 Å². The third kappa shape index (κ3) is 3.27. The number of amides is 2. The molecule has 2 aromatic rings. The monoisotopic (exact) mass is 363 g/mol. The van der Waals surface area contributed by atoms with E-state index in [1.165, 1.54) is 17.4 Å². The lowest BCUT2D eigenvalue weighted by atomic mass is 9.88. The smallest absolute Gasteiger partial charge is 0.395 e. The normalized spacial score (nSPS) is 16.2. The Hall–Kier alpha value is -2.68. The van der Waals surface area contributed by atoms with Gasteiger partial charge in [0.25, 0.3) is 11.8 Å². The van der Waals surface area contributed by atoms with Gasteiger partial charge in [0.15, 0.2) is 5.76 Å². The number of rotatable bonds is 4. The highest BCUT2D eigenvalue weighted by Gasteiger charge is 2.28. The zero-order valence-corrected chi connectivity index (χ0v) is 14.6. The number of carbonyl (C=O) groups is 2. The van der Waals surface area contributed by atoms with Crippen LogP contribution in [0.5, 0.6) is 0 Å². The van der Waals surface area contributed by atoms with Crippen LogP contribution in [0.4, 0.5) is 10.9 Å². The summed E-state index contributed by atoms with van der Waals surface area (Å²) in [7, 11) is 1.54. The van der Waals surface area contributed by atoms with Gasteiger partial charge in [-0.15, -0.1) is 11.3 Å². The standard InChI is InChI=1S/C16H17N3O5S/c1-8-3-4-9-11(7-8)25-16(13(9)15(21)17-2)18-14(20)10-5-6-12(24-10)19(22)23/h5-6,8H,3-4,7H2,1-2H3,(H,17,21)(H,18,20). The molecule has 1 unspecified atom stereocenters. The first-order valence-electron chi connectivity index (χ1n) is 7.83. The molecule has 0 saturated carbocycles. The van der Waals surface area contributed by atoms with Gasteiger partial charge in [0.05, 0.1) is 11.6 Å². The Morgan fingerprint density at radius 3 is 2.76 bits per heavy atom. The molecule has 0 aliphatic heterocycles. The minimum absolute atomic E-state index is 0.172. The van der Waals surface area contributed by atoms with Gasteiger partial charge in [-0.3, -0.25) is 19.7 Å². The minimum atomic E-state index is -0.710. The number of fused-ring (bicyclic) bond motifs is 1. The van der Waals surface area contributed by atoms with E-state index in [0.717, 1.165) is 35.8 Å². The van der Waals surface area contributed by atoms with Crippen LogP contribution in [0.25, 0.3) is 0 Å². The van der Waals surface area contributed by atoms with E-state index in [1.54, 1.807) is 7.05 Å². The van der Waals surface area contributed by atoms with Crippen LogP contribution in [0, 0.1) is 16.0 Å². The van der Waals surface area contributed by atoms with Gasteiger partial charge in [0.1, 0.15) is 9.92 Å². The molecule has 25 heavy (non-hydrogen) atoms. The van der Waals surface area contributed by atoms with E-state index in [-0.39, 0.29) is 11.7 Å². The fraction of sp³-hybridized carbons (Fsp3) is 0.375. The highest BCUT2D eigenvalue weighted by atomic mass is 32.1. The molecule has 0 aromatic carbocycles. The van der Waals surface area contributed by atoms with E-state index < -0.39 is 16.7 Å². The summed E-state index contributed by atoms with van der Waals surface area (Å²) in [5, 5.41) is 16.4. The molecule has 1 atom stereocenters. The van der Waals surface area contributed by atoms with Gasteiger partial charge < -0.3 is 15.1 Å². The fourth-order valence-electron chi connectivity index (χ4n) is 2.92. The molecule has 2 heterocycles. The number of furan rings is 1. The fourth-order valence-corrected chi connectivity index (χ4v) is 4.32. The maximum Gasteiger partial charge on any atom is 0.433 e. The topological polar surface area (TPSA) is 114 Å². The third-order valence-electron chi connectivity index (χ3n) is 4.19. The van der Waals surface area contributed by atoms with Crippen LogP contribution in [-0.4, -0.2) is 23.8 Å². The number of hydrogen-bond donors (Lipinski definition) is 2. The van der Waals surface area contributed by atoms with Gasteiger partial charge in [0, 0.05) is 11.9 Å². The molecule has 0 radical (unpaired) electrons. The van der Waals surface area contributed by atoms with Crippen LogP contribution in [-0.2, 0) is 12.8 Å². The second-order valence-electron chi connectivity index (χ2n) is 5.98. The summed E-state index contributed by atoms with van der Waals surface area (Å²) in [5.41, 5.74) is 1.45. The number of nitrogens with one attached hydrogen (secondary N) is 2. The van der Waals surface area contributed by atoms with Gasteiger partial charge in [0.2, 0.25) is 0 Å². The molecule has 132 valence electrons. The van der Waals surface area contributed by atoms with Crippen molar-refractivity contribution in [3.63, 3.8) is 0 Å². The van der Waals surface area contributed by atoms with Gasteiger partial charge >= 0.3 is 5.88 Å². The second kappa shape index (κ2) is 6.67. The molecule has 0 bridgehead atoms. The van der Waals surface area contributed by atoms with Crippen molar-refractivity contribution in [3.8, 4) is 0 Å². The molecule has 2 amide bonds. The first-order valence-corrected chi connectivity index (χ1v) is 8.64. The van der Waals surface area contributed by atoms with Gasteiger partial charge in [-0.2, -0.15) is 0 Å². The summed E-state index contributed by atoms with van der Waals surface area (Å²) >= 11 is 1.38. The quantitative estimate of drug-likeness (QED) is 0.640. The number of nitro groups is 1. The predicted octanol–water partition coefficient (Wildman–Crippen LogP) is 2.99. The van der Waals surface area contributed by atoms with E-state index >= 15 is 0 Å². The van der Waals surface area contributed by atoms with E-state index in [9.17, 15) is 19.7 Å². The molecule has 9 heteroatoms. The largest absolute Gasteiger partial charge is 0.433 e. The van der Waals surface area contributed by atoms with Crippen LogP contribution < -0.4 is 10.6 Å². The molecule has 0 spiro atoms. The summed E-state index contributed by atoms with van der Waals surface area (Å²) in [6, 6.07) is 2.36. The molecule has 8 nitrogen and oxygen atoms in total. The van der Waals surface area contributed by atoms with Crippen LogP contribution in [0.15, 0.2) is 16.5 Å². The van der Waals surface area contributed by atoms with E-state index in [4.69, 9.17) is 4.42 Å². The summed E-state index contributed by atoms with van der Waals surface area (Å²) in [6.45, 7) is 2.16. The highest BCUT2D eigenvalue weighted by molar-refractivity contribution is 7.17. The van der Waals surface area contributed by atoms with Crippen molar-refractivity contribution < 1.29 is 18.9 Å². The lowest BCUT2D eigenvalue weighted by Crippen LogP contribution is -2.22. The molecular weight excluding hydrogens is 346 g/mol. The van der Waals surface area contributed by atoms with Crippen molar-refractivity contribution in [2.24, 2.45) is 5.92 Å². The van der Waals surface area contributed by atoms with E-state index in [1.807, 2.05) is 0 Å². The Kier molecular flexibility index (Phi) is 4.58. The number of nitrogens with zero attached hydrogens (tertiary/aromatic N) is 1. The molecular formula is C16H17N3O5S. The molecule has 3 rings (SSSR count). The minimum Gasteiger partial charge on any atom is -0.395 e. The van der Waals surface area contributed by atoms with Gasteiger partial charge in [-0.05, 0) is 36.8 Å². The van der Waals surface area contributed by atoms with Crippen molar-refractivity contribution >= 4 is 34.0 Å². The Balaban J connectivity index is 1.92. The maximum absolute atomic E-state index is 12.3. The zero-order valence-electron chi connectivity index (χ0n) is 13.8. The first kappa shape index (κ1) is 17.2. The van der Waals surface area contributed by atoms with Crippen molar-refractivity contribution in [1.82, 2.24) is 5.32 Å².